The molecule has 2 amide bonds. The molecule has 0 radical (unpaired) electrons. The fourth-order valence-corrected chi connectivity index (χ4v) is 1.63. The summed E-state index contributed by atoms with van der Waals surface area (Å²) in [6, 6.07) is 3.34. The molecule has 2 heterocycles. The Morgan fingerprint density at radius 2 is 2.15 bits per heavy atom. The minimum absolute atomic E-state index is 0.358. The Bertz CT molecular complexity index is 594. The van der Waals surface area contributed by atoms with Gasteiger partial charge in [0, 0.05) is 31.7 Å². The third-order valence-electron chi connectivity index (χ3n) is 2.69. The topological polar surface area (TPSA) is 88.9 Å². The molecule has 20 heavy (non-hydrogen) atoms. The Morgan fingerprint density at radius 3 is 2.80 bits per heavy atom. The van der Waals surface area contributed by atoms with Gasteiger partial charge in [0.05, 0.1) is 11.9 Å². The monoisotopic (exact) mass is 273 g/mol. The molecular weight excluding hydrogens is 258 g/mol. The van der Waals surface area contributed by atoms with Gasteiger partial charge < -0.3 is 15.2 Å². The summed E-state index contributed by atoms with van der Waals surface area (Å²) in [6.45, 7) is 2.80. The molecule has 2 aromatic heterocycles. The van der Waals surface area contributed by atoms with E-state index in [-0.39, 0.29) is 0 Å². The van der Waals surface area contributed by atoms with Gasteiger partial charge in [0.2, 0.25) is 0 Å². The highest BCUT2D eigenvalue weighted by Gasteiger charge is 2.12. The van der Waals surface area contributed by atoms with Crippen LogP contribution in [0.5, 0.6) is 0 Å². The summed E-state index contributed by atoms with van der Waals surface area (Å²) < 4.78 is 1.89. The number of imidazole rings is 1. The van der Waals surface area contributed by atoms with Crippen LogP contribution in [0.15, 0.2) is 36.9 Å². The van der Waals surface area contributed by atoms with Crippen LogP contribution >= 0.6 is 0 Å². The first-order chi connectivity index (χ1) is 9.66. The predicted octanol–water partition coefficient (Wildman–Crippen LogP) is 0.341. The zero-order chi connectivity index (χ0) is 14.4. The van der Waals surface area contributed by atoms with Crippen molar-refractivity contribution in [2.75, 3.05) is 11.9 Å². The lowest BCUT2D eigenvalue weighted by molar-refractivity contribution is -0.136. The van der Waals surface area contributed by atoms with Gasteiger partial charge in [-0.25, -0.2) is 4.98 Å². The number of hydrogen-bond acceptors (Lipinski definition) is 4. The van der Waals surface area contributed by atoms with E-state index in [0.29, 0.717) is 18.8 Å². The molecule has 2 N–H and O–H groups in total. The van der Waals surface area contributed by atoms with Crippen molar-refractivity contribution >= 4 is 17.5 Å². The highest BCUT2D eigenvalue weighted by atomic mass is 16.2. The van der Waals surface area contributed by atoms with Gasteiger partial charge in [-0.2, -0.15) is 0 Å². The lowest BCUT2D eigenvalue weighted by atomic mass is 10.4. The van der Waals surface area contributed by atoms with Crippen LogP contribution < -0.4 is 10.6 Å². The van der Waals surface area contributed by atoms with Gasteiger partial charge in [-0.3, -0.25) is 14.6 Å². The van der Waals surface area contributed by atoms with Crippen molar-refractivity contribution in [3.8, 4) is 0 Å². The number of anilines is 1. The number of carbonyl (C=O) groups excluding carboxylic acids is 2. The number of aromatic nitrogens is 3. The zero-order valence-corrected chi connectivity index (χ0v) is 11.0. The molecule has 0 spiro atoms. The van der Waals surface area contributed by atoms with E-state index in [1.165, 1.54) is 6.20 Å². The lowest BCUT2D eigenvalue weighted by Gasteiger charge is -2.07. The molecule has 0 aliphatic heterocycles. The van der Waals surface area contributed by atoms with Gasteiger partial charge >= 0.3 is 11.8 Å². The number of rotatable bonds is 4. The molecule has 2 aromatic rings. The highest BCUT2D eigenvalue weighted by molar-refractivity contribution is 6.39. The fraction of sp³-hybridized carbons (Fsp3) is 0.231. The minimum atomic E-state index is -0.708. The van der Waals surface area contributed by atoms with Crippen LogP contribution in [-0.2, 0) is 16.1 Å². The van der Waals surface area contributed by atoms with Crippen molar-refractivity contribution in [3.63, 3.8) is 0 Å². The first-order valence-corrected chi connectivity index (χ1v) is 6.14. The minimum Gasteiger partial charge on any atom is -0.346 e. The average Bonchev–Trinajstić information content (AvgIpc) is 2.85. The van der Waals surface area contributed by atoms with E-state index in [1.807, 2.05) is 17.7 Å². The second kappa shape index (κ2) is 6.46. The highest BCUT2D eigenvalue weighted by Crippen LogP contribution is 2.01. The number of nitrogens with zero attached hydrogens (tertiary/aromatic N) is 3. The normalized spacial score (nSPS) is 10.1. The van der Waals surface area contributed by atoms with Crippen LogP contribution in [0.4, 0.5) is 5.69 Å². The van der Waals surface area contributed by atoms with Crippen LogP contribution in [0.2, 0.25) is 0 Å². The Hall–Kier alpha value is -2.70. The molecular formula is C13H15N5O2. The van der Waals surface area contributed by atoms with E-state index in [2.05, 4.69) is 20.6 Å². The average molecular weight is 273 g/mol. The molecule has 0 aliphatic rings. The number of nitrogens with one attached hydrogen (secondary N) is 2. The quantitative estimate of drug-likeness (QED) is 0.786. The van der Waals surface area contributed by atoms with Crippen LogP contribution in [-0.4, -0.2) is 32.9 Å². The van der Waals surface area contributed by atoms with E-state index in [0.717, 1.165) is 5.82 Å². The first kappa shape index (κ1) is 13.7. The lowest BCUT2D eigenvalue weighted by Crippen LogP contribution is -2.37. The van der Waals surface area contributed by atoms with Gasteiger partial charge in [0.25, 0.3) is 0 Å². The van der Waals surface area contributed by atoms with E-state index >= 15 is 0 Å². The van der Waals surface area contributed by atoms with Crippen molar-refractivity contribution < 1.29 is 9.59 Å². The standard InChI is InChI=1S/C13H15N5O2/c1-10-15-5-7-18(10)8-6-16-12(19)13(20)17-11-3-2-4-14-9-11/h2-5,7,9H,6,8H2,1H3,(H,16,19)(H,17,20). The molecule has 0 aromatic carbocycles. The van der Waals surface area contributed by atoms with Crippen LogP contribution in [0.25, 0.3) is 0 Å². The Kier molecular flexibility index (Phi) is 4.43. The van der Waals surface area contributed by atoms with Crippen LogP contribution in [0, 0.1) is 6.92 Å². The first-order valence-electron chi connectivity index (χ1n) is 6.14. The van der Waals surface area contributed by atoms with Crippen LogP contribution in [0.1, 0.15) is 5.82 Å². The van der Waals surface area contributed by atoms with Gasteiger partial charge in [-0.05, 0) is 19.1 Å². The second-order valence-electron chi connectivity index (χ2n) is 4.12. The van der Waals surface area contributed by atoms with Crippen molar-refractivity contribution in [1.82, 2.24) is 19.9 Å². The summed E-state index contributed by atoms with van der Waals surface area (Å²) in [5.74, 6) is -0.522. The number of carbonyl (C=O) groups is 2. The molecule has 0 bridgehead atoms. The Balaban J connectivity index is 1.77. The van der Waals surface area contributed by atoms with Crippen LogP contribution in [0.3, 0.4) is 0 Å². The third-order valence-corrected chi connectivity index (χ3v) is 2.69. The summed E-state index contributed by atoms with van der Waals surface area (Å²) in [7, 11) is 0. The molecule has 0 fully saturated rings. The van der Waals surface area contributed by atoms with E-state index in [9.17, 15) is 9.59 Å². The smallest absolute Gasteiger partial charge is 0.313 e. The predicted molar refractivity (Wildman–Crippen MR) is 72.8 cm³/mol. The zero-order valence-electron chi connectivity index (χ0n) is 11.0. The molecule has 0 saturated heterocycles. The summed E-state index contributed by atoms with van der Waals surface area (Å²) in [5, 5.41) is 5.01. The number of hydrogen-bond donors (Lipinski definition) is 2. The van der Waals surface area contributed by atoms with Crippen molar-refractivity contribution in [2.24, 2.45) is 0 Å². The van der Waals surface area contributed by atoms with Gasteiger partial charge in [0.1, 0.15) is 5.82 Å². The summed E-state index contributed by atoms with van der Waals surface area (Å²) >= 11 is 0. The Morgan fingerprint density at radius 1 is 1.30 bits per heavy atom. The maximum Gasteiger partial charge on any atom is 0.313 e. The van der Waals surface area contributed by atoms with E-state index in [1.54, 1.807) is 24.5 Å². The van der Waals surface area contributed by atoms with Crippen molar-refractivity contribution in [3.05, 3.63) is 42.7 Å². The fourth-order valence-electron chi connectivity index (χ4n) is 1.63. The van der Waals surface area contributed by atoms with Gasteiger partial charge in [-0.1, -0.05) is 0 Å². The molecule has 0 aliphatic carbocycles. The molecule has 104 valence electrons. The summed E-state index contributed by atoms with van der Waals surface area (Å²) in [6.07, 6.45) is 6.56. The van der Waals surface area contributed by atoms with Gasteiger partial charge in [-0.15, -0.1) is 0 Å². The SMILES string of the molecule is Cc1nccn1CCNC(=O)C(=O)Nc1cccnc1. The third kappa shape index (κ3) is 3.64. The molecule has 0 atom stereocenters. The molecule has 2 rings (SSSR count). The molecule has 0 unspecified atom stereocenters. The van der Waals surface area contributed by atoms with Crippen molar-refractivity contribution in [2.45, 2.75) is 13.5 Å². The maximum atomic E-state index is 11.6. The number of aryl methyl sites for hydroxylation is 1. The number of pyridine rings is 1. The summed E-state index contributed by atoms with van der Waals surface area (Å²) in [4.78, 5) is 31.1. The molecule has 7 nitrogen and oxygen atoms in total. The van der Waals surface area contributed by atoms with Crippen molar-refractivity contribution in [1.29, 1.82) is 0 Å². The Labute approximate surface area is 116 Å². The van der Waals surface area contributed by atoms with E-state index < -0.39 is 11.8 Å². The van der Waals surface area contributed by atoms with Gasteiger partial charge in [0.15, 0.2) is 0 Å². The number of amides is 2. The second-order valence-corrected chi connectivity index (χ2v) is 4.12. The molecule has 0 saturated carbocycles. The molecule has 7 heteroatoms. The summed E-state index contributed by atoms with van der Waals surface area (Å²) in [5.41, 5.74) is 0.484. The maximum absolute atomic E-state index is 11.6. The largest absolute Gasteiger partial charge is 0.346 e. The van der Waals surface area contributed by atoms with E-state index in [4.69, 9.17) is 0 Å².